The van der Waals surface area contributed by atoms with Crippen molar-refractivity contribution in [3.05, 3.63) is 0 Å². The van der Waals surface area contributed by atoms with E-state index in [1.165, 1.54) is 12.8 Å². The third kappa shape index (κ3) is 6.66. The van der Waals surface area contributed by atoms with Crippen LogP contribution >= 0.6 is 0 Å². The predicted octanol–water partition coefficient (Wildman–Crippen LogP) is 2.81. The quantitative estimate of drug-likeness (QED) is 0.470. The molecule has 0 radical (unpaired) electrons. The Labute approximate surface area is 83.3 Å². The van der Waals surface area contributed by atoms with E-state index in [2.05, 4.69) is 32.0 Å². The molecule has 0 aliphatic heterocycles. The average Bonchev–Trinajstić information content (AvgIpc) is 2.16. The molecule has 0 saturated carbocycles. The van der Waals surface area contributed by atoms with E-state index in [0.29, 0.717) is 6.04 Å². The molecule has 0 aromatic rings. The van der Waals surface area contributed by atoms with E-state index in [-0.39, 0.29) is 0 Å². The normalized spacial score (nSPS) is 14.9. The highest BCUT2D eigenvalue weighted by molar-refractivity contribution is 4.83. The maximum Gasteiger partial charge on any atom is 0.00865 e. The summed E-state index contributed by atoms with van der Waals surface area (Å²) in [6, 6.07) is 0.635. The number of terminal acetylenes is 1. The lowest BCUT2D eigenvalue weighted by Gasteiger charge is -2.19. The lowest BCUT2D eigenvalue weighted by atomic mass is 10.0. The summed E-state index contributed by atoms with van der Waals surface area (Å²) in [5.41, 5.74) is 0. The van der Waals surface area contributed by atoms with Crippen molar-refractivity contribution in [2.24, 2.45) is 5.92 Å². The molecule has 0 heterocycles. The molecule has 0 rings (SSSR count). The van der Waals surface area contributed by atoms with Gasteiger partial charge in [-0.3, -0.25) is 0 Å². The van der Waals surface area contributed by atoms with Gasteiger partial charge in [-0.1, -0.05) is 20.3 Å². The first-order valence-electron chi connectivity index (χ1n) is 5.39. The predicted molar refractivity (Wildman–Crippen MR) is 59.6 cm³/mol. The summed E-state index contributed by atoms with van der Waals surface area (Å²) in [6.07, 6.45) is 9.68. The molecule has 0 aliphatic rings. The zero-order valence-corrected chi connectivity index (χ0v) is 9.27. The van der Waals surface area contributed by atoms with Gasteiger partial charge in [0.1, 0.15) is 0 Å². The van der Waals surface area contributed by atoms with Gasteiger partial charge in [0.2, 0.25) is 0 Å². The molecule has 0 fully saturated rings. The third-order valence-electron chi connectivity index (χ3n) is 2.71. The fourth-order valence-electron chi connectivity index (χ4n) is 1.24. The Kier molecular flexibility index (Phi) is 7.83. The molecule has 0 aromatic heterocycles. The first kappa shape index (κ1) is 12.5. The SMILES string of the molecule is C#CCCCCNC(C)C(C)CC. The largest absolute Gasteiger partial charge is 0.314 e. The van der Waals surface area contributed by atoms with Crippen molar-refractivity contribution in [1.29, 1.82) is 0 Å². The van der Waals surface area contributed by atoms with Gasteiger partial charge in [-0.2, -0.15) is 0 Å². The van der Waals surface area contributed by atoms with Crippen LogP contribution in [0, 0.1) is 18.3 Å². The van der Waals surface area contributed by atoms with Gasteiger partial charge in [-0.25, -0.2) is 0 Å². The molecular formula is C12H23N. The third-order valence-corrected chi connectivity index (χ3v) is 2.71. The second kappa shape index (κ2) is 8.13. The van der Waals surface area contributed by atoms with E-state index in [0.717, 1.165) is 25.3 Å². The maximum atomic E-state index is 5.17. The van der Waals surface area contributed by atoms with E-state index in [1.54, 1.807) is 0 Å². The van der Waals surface area contributed by atoms with Crippen LogP contribution in [-0.4, -0.2) is 12.6 Å². The molecule has 0 aromatic carbocycles. The van der Waals surface area contributed by atoms with Crippen LogP contribution in [0.1, 0.15) is 46.5 Å². The molecule has 0 saturated heterocycles. The molecule has 2 unspecified atom stereocenters. The Morgan fingerprint density at radius 3 is 2.54 bits per heavy atom. The zero-order chi connectivity index (χ0) is 10.1. The van der Waals surface area contributed by atoms with E-state index in [9.17, 15) is 0 Å². The minimum absolute atomic E-state index is 0.635. The van der Waals surface area contributed by atoms with E-state index in [4.69, 9.17) is 6.42 Å². The summed E-state index contributed by atoms with van der Waals surface area (Å²) in [5, 5.41) is 3.52. The molecular weight excluding hydrogens is 158 g/mol. The minimum atomic E-state index is 0.635. The van der Waals surface area contributed by atoms with Crippen molar-refractivity contribution >= 4 is 0 Å². The number of nitrogens with one attached hydrogen (secondary N) is 1. The molecule has 76 valence electrons. The van der Waals surface area contributed by atoms with E-state index >= 15 is 0 Å². The van der Waals surface area contributed by atoms with Crippen molar-refractivity contribution < 1.29 is 0 Å². The van der Waals surface area contributed by atoms with Crippen molar-refractivity contribution in [1.82, 2.24) is 5.32 Å². The van der Waals surface area contributed by atoms with Crippen LogP contribution in [0.5, 0.6) is 0 Å². The molecule has 2 atom stereocenters. The van der Waals surface area contributed by atoms with Crippen molar-refractivity contribution in [3.8, 4) is 12.3 Å². The fraction of sp³-hybridized carbons (Fsp3) is 0.833. The van der Waals surface area contributed by atoms with Crippen LogP contribution in [0.2, 0.25) is 0 Å². The molecule has 1 N–H and O–H groups in total. The Balaban J connectivity index is 3.27. The lowest BCUT2D eigenvalue weighted by molar-refractivity contribution is 0.388. The van der Waals surface area contributed by atoms with Gasteiger partial charge < -0.3 is 5.32 Å². The number of hydrogen-bond acceptors (Lipinski definition) is 1. The van der Waals surface area contributed by atoms with Crippen LogP contribution in [0.4, 0.5) is 0 Å². The molecule has 1 nitrogen and oxygen atoms in total. The molecule has 13 heavy (non-hydrogen) atoms. The Morgan fingerprint density at radius 1 is 1.31 bits per heavy atom. The topological polar surface area (TPSA) is 12.0 Å². The molecule has 1 heteroatoms. The van der Waals surface area contributed by atoms with E-state index in [1.807, 2.05) is 0 Å². The number of unbranched alkanes of at least 4 members (excludes halogenated alkanes) is 2. The molecule has 0 spiro atoms. The Bertz CT molecular complexity index is 146. The van der Waals surface area contributed by atoms with Crippen LogP contribution < -0.4 is 5.32 Å². The summed E-state index contributed by atoms with van der Waals surface area (Å²) in [6.45, 7) is 7.89. The minimum Gasteiger partial charge on any atom is -0.314 e. The van der Waals surface area contributed by atoms with Crippen LogP contribution in [0.25, 0.3) is 0 Å². The van der Waals surface area contributed by atoms with Crippen molar-refractivity contribution in [2.75, 3.05) is 6.54 Å². The second-order valence-corrected chi connectivity index (χ2v) is 3.79. The standard InChI is InChI=1S/C12H23N/c1-5-7-8-9-10-13-12(4)11(3)6-2/h1,11-13H,6-10H2,2-4H3. The number of hydrogen-bond donors (Lipinski definition) is 1. The van der Waals surface area contributed by atoms with Crippen LogP contribution in [0.3, 0.4) is 0 Å². The summed E-state index contributed by atoms with van der Waals surface area (Å²) in [4.78, 5) is 0. The highest BCUT2D eigenvalue weighted by Crippen LogP contribution is 2.06. The Morgan fingerprint density at radius 2 is 2.00 bits per heavy atom. The highest BCUT2D eigenvalue weighted by atomic mass is 14.9. The Hall–Kier alpha value is -0.480. The highest BCUT2D eigenvalue weighted by Gasteiger charge is 2.07. The summed E-state index contributed by atoms with van der Waals surface area (Å²) >= 11 is 0. The van der Waals surface area contributed by atoms with Crippen LogP contribution in [0.15, 0.2) is 0 Å². The summed E-state index contributed by atoms with van der Waals surface area (Å²) < 4.78 is 0. The van der Waals surface area contributed by atoms with E-state index < -0.39 is 0 Å². The van der Waals surface area contributed by atoms with Gasteiger partial charge in [-0.15, -0.1) is 12.3 Å². The first-order valence-corrected chi connectivity index (χ1v) is 5.39. The van der Waals surface area contributed by atoms with Crippen molar-refractivity contribution in [2.45, 2.75) is 52.5 Å². The van der Waals surface area contributed by atoms with Crippen LogP contribution in [-0.2, 0) is 0 Å². The molecule has 0 amide bonds. The van der Waals surface area contributed by atoms with Gasteiger partial charge in [0.25, 0.3) is 0 Å². The first-order chi connectivity index (χ1) is 6.22. The molecule has 0 bridgehead atoms. The van der Waals surface area contributed by atoms with Gasteiger partial charge in [-0.05, 0) is 32.2 Å². The summed E-state index contributed by atoms with van der Waals surface area (Å²) in [7, 11) is 0. The fourth-order valence-corrected chi connectivity index (χ4v) is 1.24. The molecule has 0 aliphatic carbocycles. The van der Waals surface area contributed by atoms with Gasteiger partial charge in [0.15, 0.2) is 0 Å². The maximum absolute atomic E-state index is 5.17. The van der Waals surface area contributed by atoms with Gasteiger partial charge in [0.05, 0.1) is 0 Å². The monoisotopic (exact) mass is 181 g/mol. The van der Waals surface area contributed by atoms with Gasteiger partial charge in [0, 0.05) is 12.5 Å². The number of rotatable bonds is 7. The van der Waals surface area contributed by atoms with Gasteiger partial charge >= 0.3 is 0 Å². The van der Waals surface area contributed by atoms with Crippen molar-refractivity contribution in [3.63, 3.8) is 0 Å². The lowest BCUT2D eigenvalue weighted by Crippen LogP contribution is -2.32. The average molecular weight is 181 g/mol. The second-order valence-electron chi connectivity index (χ2n) is 3.79. The smallest absolute Gasteiger partial charge is 0.00865 e. The zero-order valence-electron chi connectivity index (χ0n) is 9.27. The summed E-state index contributed by atoms with van der Waals surface area (Å²) in [5.74, 6) is 3.43.